The highest BCUT2D eigenvalue weighted by Crippen LogP contribution is 2.55. The molecule has 1 saturated heterocycles. The van der Waals surface area contributed by atoms with Gasteiger partial charge in [0.05, 0.1) is 12.5 Å². The Morgan fingerprint density at radius 1 is 1.48 bits per heavy atom. The van der Waals surface area contributed by atoms with Gasteiger partial charge in [-0.1, -0.05) is 11.6 Å². The van der Waals surface area contributed by atoms with E-state index in [1.807, 2.05) is 0 Å². The van der Waals surface area contributed by atoms with Crippen molar-refractivity contribution in [2.24, 2.45) is 5.92 Å². The van der Waals surface area contributed by atoms with Crippen LogP contribution >= 0.6 is 11.6 Å². The molecule has 2 heterocycles. The number of methoxy groups -OCH3 is 1. The molecule has 1 spiro atoms. The Labute approximate surface area is 141 Å². The molecule has 0 bridgehead atoms. The molecule has 0 radical (unpaired) electrons. The number of epoxide rings is 1. The van der Waals surface area contributed by atoms with E-state index in [1.54, 1.807) is 7.11 Å². The molecule has 3 rings (SSSR count). The molecular weight excluding hydrogens is 320 g/mol. The first-order chi connectivity index (χ1) is 11.0. The van der Waals surface area contributed by atoms with Gasteiger partial charge in [-0.25, -0.2) is 0 Å². The summed E-state index contributed by atoms with van der Waals surface area (Å²) in [5.74, 6) is 1.34. The van der Waals surface area contributed by atoms with Crippen LogP contribution in [0.4, 0.5) is 0 Å². The Bertz CT molecular complexity index is 545. The van der Waals surface area contributed by atoms with Crippen LogP contribution in [0.1, 0.15) is 33.1 Å². The van der Waals surface area contributed by atoms with Gasteiger partial charge >= 0.3 is 5.97 Å². The van der Waals surface area contributed by atoms with Crippen molar-refractivity contribution in [1.82, 2.24) is 0 Å². The van der Waals surface area contributed by atoms with Crippen LogP contribution in [-0.4, -0.2) is 43.4 Å². The minimum atomic E-state index is -0.416. The van der Waals surface area contributed by atoms with Gasteiger partial charge in [0, 0.05) is 13.5 Å². The zero-order valence-electron chi connectivity index (χ0n) is 13.8. The van der Waals surface area contributed by atoms with Gasteiger partial charge in [0.1, 0.15) is 29.4 Å². The van der Waals surface area contributed by atoms with E-state index < -0.39 is 5.97 Å². The molecule has 4 unspecified atom stereocenters. The third kappa shape index (κ3) is 3.42. The molecule has 1 aliphatic carbocycles. The fourth-order valence-electron chi connectivity index (χ4n) is 3.42. The number of alkyl halides is 1. The van der Waals surface area contributed by atoms with Gasteiger partial charge in [-0.15, -0.1) is 11.6 Å². The molecule has 1 saturated carbocycles. The summed E-state index contributed by atoms with van der Waals surface area (Å²) in [7, 11) is 1.64. The molecule has 0 amide bonds. The average molecular weight is 343 g/mol. The minimum Gasteiger partial charge on any atom is -0.459 e. The number of hydrogen-bond acceptors (Lipinski definition) is 5. The van der Waals surface area contributed by atoms with E-state index in [2.05, 4.69) is 19.9 Å². The molecule has 128 valence electrons. The second-order valence-corrected chi connectivity index (χ2v) is 6.87. The Hall–Kier alpha value is -1.04. The number of halogens is 1. The van der Waals surface area contributed by atoms with Gasteiger partial charge < -0.3 is 18.9 Å². The largest absolute Gasteiger partial charge is 0.459 e. The van der Waals surface area contributed by atoms with Crippen LogP contribution in [0.25, 0.3) is 0 Å². The van der Waals surface area contributed by atoms with Gasteiger partial charge in [-0.05, 0) is 26.7 Å². The first-order valence-electron chi connectivity index (χ1n) is 7.97. The third-order valence-corrected chi connectivity index (χ3v) is 4.96. The van der Waals surface area contributed by atoms with E-state index in [-0.39, 0.29) is 29.6 Å². The highest BCUT2D eigenvalue weighted by molar-refractivity contribution is 6.26. The number of allylic oxidation sites excluding steroid dienone is 2. The number of ether oxygens (including phenoxy) is 4. The van der Waals surface area contributed by atoms with E-state index in [0.29, 0.717) is 13.0 Å². The maximum Gasteiger partial charge on any atom is 0.321 e. The van der Waals surface area contributed by atoms with Crippen molar-refractivity contribution < 1.29 is 23.7 Å². The van der Waals surface area contributed by atoms with Crippen molar-refractivity contribution in [3.8, 4) is 0 Å². The highest BCUT2D eigenvalue weighted by Gasteiger charge is 2.64. The summed E-state index contributed by atoms with van der Waals surface area (Å²) in [6.07, 6.45) is 3.89. The Balaban J connectivity index is 1.78. The predicted molar refractivity (Wildman–Crippen MR) is 85.0 cm³/mol. The van der Waals surface area contributed by atoms with E-state index >= 15 is 0 Å². The van der Waals surface area contributed by atoms with Crippen LogP contribution in [0.5, 0.6) is 0 Å². The molecule has 0 aromatic heterocycles. The lowest BCUT2D eigenvalue weighted by Gasteiger charge is -2.38. The standard InChI is InChI=1S/C17H23ClO5/c1-10(2)4-5-11-16(23-11)14-15(20-3)12(22-13(19)8-18)6-7-17(14)9-21-17/h4,12,14-15H,5-9H2,1-3H3. The number of esters is 1. The number of hydrogen-bond donors (Lipinski definition) is 0. The molecule has 6 heteroatoms. The zero-order chi connectivity index (χ0) is 16.6. The van der Waals surface area contributed by atoms with Crippen molar-refractivity contribution in [2.45, 2.75) is 50.9 Å². The Kier molecular flexibility index (Phi) is 4.72. The fraction of sp³-hybridized carbons (Fsp3) is 0.706. The molecule has 0 aromatic carbocycles. The third-order valence-electron chi connectivity index (χ3n) is 4.74. The maximum absolute atomic E-state index is 11.6. The van der Waals surface area contributed by atoms with Crippen molar-refractivity contribution in [2.75, 3.05) is 19.6 Å². The van der Waals surface area contributed by atoms with Crippen LogP contribution in [-0.2, 0) is 23.7 Å². The molecule has 2 aliphatic heterocycles. The maximum atomic E-state index is 11.6. The normalized spacial score (nSPS) is 34.9. The van der Waals surface area contributed by atoms with Crippen molar-refractivity contribution >= 4 is 17.6 Å². The summed E-state index contributed by atoms with van der Waals surface area (Å²) in [5, 5.41) is 0. The topological polar surface area (TPSA) is 60.6 Å². The molecular formula is C17H23ClO5. The van der Waals surface area contributed by atoms with Crippen molar-refractivity contribution in [3.63, 3.8) is 0 Å². The quantitative estimate of drug-likeness (QED) is 0.321. The predicted octanol–water partition coefficient (Wildman–Crippen LogP) is 2.93. The second-order valence-electron chi connectivity index (χ2n) is 6.61. The summed E-state index contributed by atoms with van der Waals surface area (Å²) >= 11 is 5.56. The van der Waals surface area contributed by atoms with Crippen molar-refractivity contribution in [3.05, 3.63) is 23.2 Å². The Morgan fingerprint density at radius 3 is 2.78 bits per heavy atom. The lowest BCUT2D eigenvalue weighted by atomic mass is 9.75. The van der Waals surface area contributed by atoms with Crippen LogP contribution in [0.15, 0.2) is 23.2 Å². The fourth-order valence-corrected chi connectivity index (χ4v) is 3.49. The van der Waals surface area contributed by atoms with E-state index in [1.165, 1.54) is 5.57 Å². The van der Waals surface area contributed by atoms with Crippen LogP contribution in [0.3, 0.4) is 0 Å². The molecule has 5 nitrogen and oxygen atoms in total. The first-order valence-corrected chi connectivity index (χ1v) is 8.50. The molecule has 0 aromatic rings. The second kappa shape index (κ2) is 6.46. The van der Waals surface area contributed by atoms with Crippen LogP contribution < -0.4 is 0 Å². The summed E-state index contributed by atoms with van der Waals surface area (Å²) < 4.78 is 22.7. The highest BCUT2D eigenvalue weighted by atomic mass is 35.5. The van der Waals surface area contributed by atoms with E-state index in [4.69, 9.17) is 30.5 Å². The lowest BCUT2D eigenvalue weighted by molar-refractivity contribution is -0.163. The number of rotatable bonds is 6. The number of carbonyl (C=O) groups excluding carboxylic acids is 1. The van der Waals surface area contributed by atoms with Gasteiger partial charge in [-0.3, -0.25) is 4.79 Å². The summed E-state index contributed by atoms with van der Waals surface area (Å²) in [6, 6.07) is 0. The van der Waals surface area contributed by atoms with Gasteiger partial charge in [0.15, 0.2) is 5.76 Å². The average Bonchev–Trinajstić information content (AvgIpc) is 3.44. The molecule has 3 aliphatic rings. The Morgan fingerprint density at radius 2 is 2.22 bits per heavy atom. The van der Waals surface area contributed by atoms with E-state index in [0.717, 1.165) is 24.4 Å². The molecule has 4 atom stereocenters. The van der Waals surface area contributed by atoms with Gasteiger partial charge in [0.2, 0.25) is 0 Å². The van der Waals surface area contributed by atoms with Gasteiger partial charge in [0.25, 0.3) is 0 Å². The van der Waals surface area contributed by atoms with Gasteiger partial charge in [-0.2, -0.15) is 0 Å². The zero-order valence-corrected chi connectivity index (χ0v) is 14.5. The monoisotopic (exact) mass is 342 g/mol. The summed E-state index contributed by atoms with van der Waals surface area (Å²) in [5.41, 5.74) is 1.04. The SMILES string of the molecule is COC1C(OC(=O)CCl)CCC2(CO2)C1C1=C(CC=C(C)C)O1. The van der Waals surface area contributed by atoms with Crippen LogP contribution in [0, 0.1) is 5.92 Å². The van der Waals surface area contributed by atoms with E-state index in [9.17, 15) is 4.79 Å². The molecule has 2 fully saturated rings. The molecule has 0 N–H and O–H groups in total. The lowest BCUT2D eigenvalue weighted by Crippen LogP contribution is -2.50. The summed E-state index contributed by atoms with van der Waals surface area (Å²) in [4.78, 5) is 11.6. The number of carbonyl (C=O) groups is 1. The smallest absolute Gasteiger partial charge is 0.321 e. The minimum absolute atomic E-state index is 0.0186. The van der Waals surface area contributed by atoms with Crippen LogP contribution in [0.2, 0.25) is 0 Å². The summed E-state index contributed by atoms with van der Waals surface area (Å²) in [6.45, 7) is 4.83. The van der Waals surface area contributed by atoms with Crippen molar-refractivity contribution in [1.29, 1.82) is 0 Å². The first kappa shape index (κ1) is 16.8. The molecule has 23 heavy (non-hydrogen) atoms.